The van der Waals surface area contributed by atoms with Crippen LogP contribution in [0, 0.1) is 11.8 Å². The second-order valence-corrected chi connectivity index (χ2v) is 4.20. The van der Waals surface area contributed by atoms with Crippen LogP contribution in [0.5, 0.6) is 0 Å². The summed E-state index contributed by atoms with van der Waals surface area (Å²) in [6.45, 7) is 0.733. The topological polar surface area (TPSA) is 38.4 Å². The van der Waals surface area contributed by atoms with Crippen molar-refractivity contribution in [1.82, 2.24) is 0 Å². The van der Waals surface area contributed by atoms with Gasteiger partial charge in [-0.3, -0.25) is 4.99 Å². The third-order valence-electron chi connectivity index (χ3n) is 2.89. The molecule has 0 aliphatic carbocycles. The van der Waals surface area contributed by atoms with Crippen LogP contribution in [0.15, 0.2) is 53.5 Å². The average molecular weight is 232 g/mol. The molecule has 0 bridgehead atoms. The number of benzene rings is 2. The lowest BCUT2D eigenvalue weighted by molar-refractivity contribution is 1.11. The molecule has 86 valence electrons. The molecule has 3 rings (SSSR count). The molecule has 0 radical (unpaired) electrons. The Kier molecular flexibility index (Phi) is 2.59. The van der Waals surface area contributed by atoms with E-state index in [-0.39, 0.29) is 0 Å². The van der Waals surface area contributed by atoms with Crippen molar-refractivity contribution >= 4 is 11.4 Å². The molecule has 0 saturated carbocycles. The van der Waals surface area contributed by atoms with Crippen LogP contribution in [0.1, 0.15) is 16.7 Å². The van der Waals surface area contributed by atoms with E-state index >= 15 is 0 Å². The van der Waals surface area contributed by atoms with Crippen molar-refractivity contribution in [3.05, 3.63) is 65.2 Å². The highest BCUT2D eigenvalue weighted by Gasteiger charge is 2.12. The van der Waals surface area contributed by atoms with Crippen LogP contribution >= 0.6 is 0 Å². The zero-order valence-corrected chi connectivity index (χ0v) is 9.85. The molecular formula is C16H12N2. The fourth-order valence-corrected chi connectivity index (χ4v) is 1.99. The lowest BCUT2D eigenvalue weighted by Gasteiger charge is -1.96. The quantitative estimate of drug-likeness (QED) is 0.550. The summed E-state index contributed by atoms with van der Waals surface area (Å²) in [5.74, 6) is 6.23. The molecule has 1 heterocycles. The number of hydrogen-bond acceptors (Lipinski definition) is 2. The molecule has 18 heavy (non-hydrogen) atoms. The maximum Gasteiger partial charge on any atom is 0.115 e. The van der Waals surface area contributed by atoms with Crippen LogP contribution in [0.4, 0.5) is 5.69 Å². The molecule has 0 unspecified atom stereocenters. The Balaban J connectivity index is 1.92. The molecule has 2 heteroatoms. The van der Waals surface area contributed by atoms with Gasteiger partial charge in [-0.05, 0) is 29.7 Å². The lowest BCUT2D eigenvalue weighted by atomic mass is 10.1. The van der Waals surface area contributed by atoms with E-state index in [9.17, 15) is 0 Å². The van der Waals surface area contributed by atoms with Gasteiger partial charge in [0.25, 0.3) is 0 Å². The first-order chi connectivity index (χ1) is 8.83. The van der Waals surface area contributed by atoms with Gasteiger partial charge in [0.05, 0.1) is 6.54 Å². The van der Waals surface area contributed by atoms with Gasteiger partial charge in [0.15, 0.2) is 0 Å². The molecule has 0 saturated heterocycles. The Hall–Kier alpha value is -2.53. The summed E-state index contributed by atoms with van der Waals surface area (Å²) >= 11 is 0. The molecule has 0 atom stereocenters. The summed E-state index contributed by atoms with van der Waals surface area (Å²) in [4.78, 5) is 4.45. The molecule has 0 aromatic heterocycles. The minimum atomic E-state index is 0.732. The maximum absolute atomic E-state index is 5.72. The highest BCUT2D eigenvalue weighted by molar-refractivity contribution is 6.15. The number of nitrogen functional groups attached to an aromatic ring is 1. The third kappa shape index (κ3) is 1.99. The van der Waals surface area contributed by atoms with E-state index in [2.05, 4.69) is 29.0 Å². The number of anilines is 1. The summed E-state index contributed by atoms with van der Waals surface area (Å²) in [7, 11) is 0. The Morgan fingerprint density at radius 1 is 1.00 bits per heavy atom. The van der Waals surface area contributed by atoms with E-state index in [1.165, 1.54) is 5.56 Å². The number of nitrogens with two attached hydrogens (primary N) is 1. The summed E-state index contributed by atoms with van der Waals surface area (Å²) < 4.78 is 0. The van der Waals surface area contributed by atoms with Gasteiger partial charge in [0.1, 0.15) is 5.71 Å². The van der Waals surface area contributed by atoms with Crippen molar-refractivity contribution < 1.29 is 0 Å². The summed E-state index contributed by atoms with van der Waals surface area (Å²) in [5.41, 5.74) is 10.6. The molecule has 2 aromatic carbocycles. The van der Waals surface area contributed by atoms with Crippen LogP contribution in [-0.2, 0) is 6.54 Å². The molecule has 1 aliphatic heterocycles. The zero-order valence-electron chi connectivity index (χ0n) is 9.85. The first-order valence-corrected chi connectivity index (χ1v) is 5.83. The minimum absolute atomic E-state index is 0.732. The van der Waals surface area contributed by atoms with E-state index in [0.29, 0.717) is 0 Å². The van der Waals surface area contributed by atoms with Crippen molar-refractivity contribution in [3.63, 3.8) is 0 Å². The largest absolute Gasteiger partial charge is 0.399 e. The van der Waals surface area contributed by atoms with Crippen LogP contribution in [0.2, 0.25) is 0 Å². The van der Waals surface area contributed by atoms with Crippen LogP contribution in [0.3, 0.4) is 0 Å². The van der Waals surface area contributed by atoms with Crippen LogP contribution in [-0.4, -0.2) is 5.71 Å². The number of nitrogens with zero attached hydrogens (tertiary/aromatic N) is 1. The van der Waals surface area contributed by atoms with E-state index in [4.69, 9.17) is 5.73 Å². The predicted molar refractivity (Wildman–Crippen MR) is 74.4 cm³/mol. The standard InChI is InChI=1S/C16H12N2/c17-14-6-3-4-12(10-14)8-9-16-15-7-2-1-5-13(15)11-18-16/h1-7,10H,11,17H2. The molecule has 2 nitrogen and oxygen atoms in total. The minimum Gasteiger partial charge on any atom is -0.399 e. The van der Waals surface area contributed by atoms with Gasteiger partial charge < -0.3 is 5.73 Å². The van der Waals surface area contributed by atoms with Gasteiger partial charge in [-0.15, -0.1) is 0 Å². The Morgan fingerprint density at radius 3 is 2.78 bits per heavy atom. The highest BCUT2D eigenvalue weighted by Crippen LogP contribution is 2.17. The zero-order chi connectivity index (χ0) is 12.4. The summed E-state index contributed by atoms with van der Waals surface area (Å²) in [6.07, 6.45) is 0. The number of fused-ring (bicyclic) bond motifs is 1. The molecule has 0 fully saturated rings. The van der Waals surface area contributed by atoms with Gasteiger partial charge in [0, 0.05) is 16.8 Å². The van der Waals surface area contributed by atoms with Crippen molar-refractivity contribution in [2.24, 2.45) is 4.99 Å². The maximum atomic E-state index is 5.72. The fourth-order valence-electron chi connectivity index (χ4n) is 1.99. The van der Waals surface area contributed by atoms with E-state index in [0.717, 1.165) is 29.1 Å². The van der Waals surface area contributed by atoms with Crippen molar-refractivity contribution in [2.75, 3.05) is 5.73 Å². The normalized spacial score (nSPS) is 12.3. The number of aliphatic imine (C=N–C) groups is 1. The van der Waals surface area contributed by atoms with Crippen molar-refractivity contribution in [3.8, 4) is 11.8 Å². The van der Waals surface area contributed by atoms with E-state index in [1.54, 1.807) is 0 Å². The Bertz CT molecular complexity index is 687. The fraction of sp³-hybridized carbons (Fsp3) is 0.0625. The van der Waals surface area contributed by atoms with Gasteiger partial charge in [-0.2, -0.15) is 0 Å². The van der Waals surface area contributed by atoms with Crippen molar-refractivity contribution in [1.29, 1.82) is 0 Å². The third-order valence-corrected chi connectivity index (χ3v) is 2.89. The smallest absolute Gasteiger partial charge is 0.115 e. The van der Waals surface area contributed by atoms with E-state index < -0.39 is 0 Å². The number of hydrogen-bond donors (Lipinski definition) is 1. The summed E-state index contributed by atoms with van der Waals surface area (Å²) in [5, 5.41) is 0. The van der Waals surface area contributed by atoms with Gasteiger partial charge in [0.2, 0.25) is 0 Å². The number of rotatable bonds is 0. The molecule has 2 aromatic rings. The Morgan fingerprint density at radius 2 is 1.89 bits per heavy atom. The first kappa shape index (κ1) is 10.6. The monoisotopic (exact) mass is 232 g/mol. The molecule has 0 amide bonds. The molecule has 2 N–H and O–H groups in total. The van der Waals surface area contributed by atoms with Crippen LogP contribution in [0.25, 0.3) is 0 Å². The SMILES string of the molecule is Nc1cccc(C#CC2=NCc3ccccc32)c1. The highest BCUT2D eigenvalue weighted by atomic mass is 14.8. The summed E-state index contributed by atoms with van der Waals surface area (Å²) in [6, 6.07) is 15.8. The second kappa shape index (κ2) is 4.38. The predicted octanol–water partition coefficient (Wildman–Crippen LogP) is 2.62. The first-order valence-electron chi connectivity index (χ1n) is 5.83. The lowest BCUT2D eigenvalue weighted by Crippen LogP contribution is -1.94. The second-order valence-electron chi connectivity index (χ2n) is 4.20. The molecular weight excluding hydrogens is 220 g/mol. The Labute approximate surface area is 106 Å². The molecule has 1 aliphatic rings. The van der Waals surface area contributed by atoms with Crippen molar-refractivity contribution in [2.45, 2.75) is 6.54 Å². The van der Waals surface area contributed by atoms with E-state index in [1.807, 2.05) is 36.4 Å². The average Bonchev–Trinajstić information content (AvgIpc) is 2.80. The van der Waals surface area contributed by atoms with Gasteiger partial charge >= 0.3 is 0 Å². The van der Waals surface area contributed by atoms with Crippen LogP contribution < -0.4 is 5.73 Å². The van der Waals surface area contributed by atoms with Gasteiger partial charge in [-0.1, -0.05) is 36.3 Å². The van der Waals surface area contributed by atoms with Gasteiger partial charge in [-0.25, -0.2) is 0 Å². The molecule has 0 spiro atoms.